The van der Waals surface area contributed by atoms with Crippen molar-refractivity contribution in [3.63, 3.8) is 0 Å². The SMILES string of the molecule is CCc1ccc(CC(CC)CC)cc1-c1ccc(C)c2c1CC(CC(C(CC)C(=O)CC(C)=O)C(CC)C(C)C)CC2=O. The van der Waals surface area contributed by atoms with Crippen molar-refractivity contribution in [1.29, 1.82) is 0 Å². The lowest BCUT2D eigenvalue weighted by Gasteiger charge is -2.38. The first-order chi connectivity index (χ1) is 20.5. The van der Waals surface area contributed by atoms with Crippen LogP contribution in [0, 0.1) is 42.4 Å². The molecule has 0 aromatic heterocycles. The van der Waals surface area contributed by atoms with E-state index in [0.717, 1.165) is 49.7 Å². The Hall–Kier alpha value is -2.55. The summed E-state index contributed by atoms with van der Waals surface area (Å²) in [5.74, 6) is 1.99. The van der Waals surface area contributed by atoms with Gasteiger partial charge in [-0.25, -0.2) is 0 Å². The molecule has 0 aliphatic heterocycles. The summed E-state index contributed by atoms with van der Waals surface area (Å²) in [6.07, 6.45) is 8.41. The molecule has 236 valence electrons. The Labute approximate surface area is 262 Å². The summed E-state index contributed by atoms with van der Waals surface area (Å²) in [5, 5.41) is 0. The molecule has 0 heterocycles. The van der Waals surface area contributed by atoms with Gasteiger partial charge in [-0.1, -0.05) is 98.1 Å². The van der Waals surface area contributed by atoms with Crippen molar-refractivity contribution in [1.82, 2.24) is 0 Å². The van der Waals surface area contributed by atoms with E-state index in [1.54, 1.807) is 0 Å². The molecule has 3 heteroatoms. The number of hydrogen-bond donors (Lipinski definition) is 0. The fraction of sp³-hybridized carbons (Fsp3) is 0.625. The van der Waals surface area contributed by atoms with Gasteiger partial charge in [0.05, 0.1) is 6.42 Å². The molecule has 2 aromatic carbocycles. The highest BCUT2D eigenvalue weighted by atomic mass is 16.1. The quantitative estimate of drug-likeness (QED) is 0.184. The average Bonchev–Trinajstić information content (AvgIpc) is 2.96. The molecule has 4 atom stereocenters. The molecular formula is C40H58O3. The summed E-state index contributed by atoms with van der Waals surface area (Å²) >= 11 is 0. The molecule has 0 bridgehead atoms. The van der Waals surface area contributed by atoms with Gasteiger partial charge in [0.2, 0.25) is 0 Å². The maximum atomic E-state index is 13.9. The number of carbonyl (C=O) groups is 3. The summed E-state index contributed by atoms with van der Waals surface area (Å²) in [7, 11) is 0. The molecule has 0 saturated carbocycles. The van der Waals surface area contributed by atoms with E-state index in [0.29, 0.717) is 24.2 Å². The lowest BCUT2D eigenvalue weighted by molar-refractivity contribution is -0.130. The fourth-order valence-electron chi connectivity index (χ4n) is 8.17. The van der Waals surface area contributed by atoms with Crippen LogP contribution in [-0.2, 0) is 28.9 Å². The van der Waals surface area contributed by atoms with E-state index < -0.39 is 0 Å². The summed E-state index contributed by atoms with van der Waals surface area (Å²) in [4.78, 5) is 39.2. The standard InChI is InChI=1S/C40H58O3/c1-10-28(11-2)20-29-16-17-31(12-3)35(21-29)34-18-15-26(8)40-37(34)23-30(24-39(40)43)22-36(32(13-4)25(6)7)33(14-5)38(42)19-27(9)41/h15-18,21,25,28,30,32-33,36H,10-14,19-20,22-24H2,1-9H3. The minimum Gasteiger partial charge on any atom is -0.300 e. The van der Waals surface area contributed by atoms with Crippen LogP contribution in [0.4, 0.5) is 0 Å². The molecule has 1 aliphatic carbocycles. The van der Waals surface area contributed by atoms with Gasteiger partial charge < -0.3 is 0 Å². The van der Waals surface area contributed by atoms with E-state index >= 15 is 0 Å². The molecule has 0 spiro atoms. The summed E-state index contributed by atoms with van der Waals surface area (Å²) in [5.41, 5.74) is 8.41. The van der Waals surface area contributed by atoms with Crippen LogP contribution in [0.2, 0.25) is 0 Å². The van der Waals surface area contributed by atoms with E-state index in [1.165, 1.54) is 47.6 Å². The average molecular weight is 587 g/mol. The second kappa shape index (κ2) is 16.0. The summed E-state index contributed by atoms with van der Waals surface area (Å²) in [6, 6.07) is 11.4. The highest BCUT2D eigenvalue weighted by Gasteiger charge is 2.38. The highest BCUT2D eigenvalue weighted by Crippen LogP contribution is 2.43. The molecule has 0 radical (unpaired) electrons. The number of aryl methyl sites for hydroxylation is 2. The summed E-state index contributed by atoms with van der Waals surface area (Å²) in [6.45, 7) is 19.2. The van der Waals surface area contributed by atoms with E-state index in [2.05, 4.69) is 85.7 Å². The van der Waals surface area contributed by atoms with Crippen LogP contribution >= 0.6 is 0 Å². The highest BCUT2D eigenvalue weighted by molar-refractivity contribution is 6.02. The van der Waals surface area contributed by atoms with E-state index in [4.69, 9.17) is 0 Å². The van der Waals surface area contributed by atoms with Crippen LogP contribution in [0.5, 0.6) is 0 Å². The van der Waals surface area contributed by atoms with Gasteiger partial charge in [0.1, 0.15) is 11.6 Å². The number of benzene rings is 2. The molecular weight excluding hydrogens is 528 g/mol. The van der Waals surface area contributed by atoms with Crippen LogP contribution in [-0.4, -0.2) is 17.3 Å². The minimum atomic E-state index is -0.141. The fourth-order valence-corrected chi connectivity index (χ4v) is 8.17. The largest absolute Gasteiger partial charge is 0.300 e. The number of rotatable bonds is 16. The van der Waals surface area contributed by atoms with Crippen LogP contribution in [0.25, 0.3) is 11.1 Å². The van der Waals surface area contributed by atoms with Crippen molar-refractivity contribution in [2.75, 3.05) is 0 Å². The van der Waals surface area contributed by atoms with Crippen molar-refractivity contribution in [3.05, 3.63) is 58.1 Å². The molecule has 0 N–H and O–H groups in total. The monoisotopic (exact) mass is 586 g/mol. The van der Waals surface area contributed by atoms with Gasteiger partial charge in [-0.05, 0) is 109 Å². The zero-order valence-corrected chi connectivity index (χ0v) is 28.6. The molecule has 3 nitrogen and oxygen atoms in total. The maximum absolute atomic E-state index is 13.9. The number of fused-ring (bicyclic) bond motifs is 1. The van der Waals surface area contributed by atoms with Gasteiger partial charge in [-0.2, -0.15) is 0 Å². The first-order valence-corrected chi connectivity index (χ1v) is 17.3. The third-order valence-corrected chi connectivity index (χ3v) is 10.6. The molecule has 1 aliphatic rings. The smallest absolute Gasteiger partial charge is 0.163 e. The minimum absolute atomic E-state index is 0.0202. The van der Waals surface area contributed by atoms with Crippen LogP contribution in [0.15, 0.2) is 30.3 Å². The molecule has 0 saturated heterocycles. The van der Waals surface area contributed by atoms with Crippen molar-refractivity contribution < 1.29 is 14.4 Å². The Morgan fingerprint density at radius 1 is 0.860 bits per heavy atom. The Balaban J connectivity index is 2.08. The predicted octanol–water partition coefficient (Wildman–Crippen LogP) is 10.2. The van der Waals surface area contributed by atoms with E-state index in [-0.39, 0.29) is 41.5 Å². The second-order valence-electron chi connectivity index (χ2n) is 13.8. The van der Waals surface area contributed by atoms with Crippen molar-refractivity contribution in [2.24, 2.45) is 35.5 Å². The number of carbonyl (C=O) groups excluding carboxylic acids is 3. The molecule has 0 amide bonds. The number of hydrogen-bond acceptors (Lipinski definition) is 3. The second-order valence-corrected chi connectivity index (χ2v) is 13.8. The van der Waals surface area contributed by atoms with Crippen LogP contribution in [0.1, 0.15) is 133 Å². The van der Waals surface area contributed by atoms with Gasteiger partial charge in [0.25, 0.3) is 0 Å². The topological polar surface area (TPSA) is 51.2 Å². The van der Waals surface area contributed by atoms with E-state index in [9.17, 15) is 14.4 Å². The Bertz CT molecular complexity index is 1260. The molecule has 4 unspecified atom stereocenters. The van der Waals surface area contributed by atoms with Crippen LogP contribution < -0.4 is 0 Å². The first kappa shape index (κ1) is 34.9. The Morgan fingerprint density at radius 3 is 2.12 bits per heavy atom. The van der Waals surface area contributed by atoms with E-state index in [1.807, 2.05) is 0 Å². The molecule has 2 aromatic rings. The lowest BCUT2D eigenvalue weighted by Crippen LogP contribution is -2.35. The third kappa shape index (κ3) is 8.34. The van der Waals surface area contributed by atoms with Gasteiger partial charge in [-0.3, -0.25) is 14.4 Å². The van der Waals surface area contributed by atoms with Crippen molar-refractivity contribution in [2.45, 2.75) is 127 Å². The number of ketones is 3. The van der Waals surface area contributed by atoms with Crippen molar-refractivity contribution in [3.8, 4) is 11.1 Å². The normalized spacial score (nSPS) is 17.2. The van der Waals surface area contributed by atoms with Gasteiger partial charge >= 0.3 is 0 Å². The predicted molar refractivity (Wildman–Crippen MR) is 181 cm³/mol. The third-order valence-electron chi connectivity index (χ3n) is 10.6. The van der Waals surface area contributed by atoms with Gasteiger partial charge in [-0.15, -0.1) is 0 Å². The van der Waals surface area contributed by atoms with Crippen LogP contribution in [0.3, 0.4) is 0 Å². The maximum Gasteiger partial charge on any atom is 0.163 e. The number of Topliss-reactive ketones (excluding diaryl/α,β-unsaturated/α-hetero) is 3. The Morgan fingerprint density at radius 2 is 1.56 bits per heavy atom. The summed E-state index contributed by atoms with van der Waals surface area (Å²) < 4.78 is 0. The van der Waals surface area contributed by atoms with Gasteiger partial charge in [0, 0.05) is 17.9 Å². The Kier molecular flexibility index (Phi) is 13.0. The lowest BCUT2D eigenvalue weighted by atomic mass is 9.65. The van der Waals surface area contributed by atoms with Gasteiger partial charge in [0.15, 0.2) is 5.78 Å². The van der Waals surface area contributed by atoms with Crippen molar-refractivity contribution >= 4 is 17.3 Å². The zero-order valence-electron chi connectivity index (χ0n) is 28.6. The molecule has 0 fully saturated rings. The first-order valence-electron chi connectivity index (χ1n) is 17.3. The zero-order chi connectivity index (χ0) is 31.8. The molecule has 3 rings (SSSR count). The molecule has 43 heavy (non-hydrogen) atoms.